The van der Waals surface area contributed by atoms with Gasteiger partial charge in [-0.05, 0) is 36.5 Å². The van der Waals surface area contributed by atoms with Crippen LogP contribution >= 0.6 is 11.8 Å². The van der Waals surface area contributed by atoms with Gasteiger partial charge in [0.15, 0.2) is 0 Å². The van der Waals surface area contributed by atoms with Crippen LogP contribution in [0.5, 0.6) is 0 Å². The summed E-state index contributed by atoms with van der Waals surface area (Å²) >= 11 is 1.75. The van der Waals surface area contributed by atoms with Crippen LogP contribution in [0.1, 0.15) is 12.0 Å². The third kappa shape index (κ3) is 3.85. The highest BCUT2D eigenvalue weighted by Crippen LogP contribution is 2.16. The van der Waals surface area contributed by atoms with Crippen molar-refractivity contribution < 1.29 is 8.42 Å². The molecule has 0 fully saturated rings. The summed E-state index contributed by atoms with van der Waals surface area (Å²) in [6.07, 6.45) is 3.76. The van der Waals surface area contributed by atoms with E-state index in [1.165, 1.54) is 0 Å². The lowest BCUT2D eigenvalue weighted by Crippen LogP contribution is -2.14. The Kier molecular flexibility index (Phi) is 4.63. The van der Waals surface area contributed by atoms with Crippen LogP contribution in [-0.4, -0.2) is 20.4 Å². The van der Waals surface area contributed by atoms with Gasteiger partial charge in [0.2, 0.25) is 10.0 Å². The maximum atomic E-state index is 11.3. The van der Waals surface area contributed by atoms with Gasteiger partial charge in [-0.3, -0.25) is 0 Å². The third-order valence-electron chi connectivity index (χ3n) is 2.07. The summed E-state index contributed by atoms with van der Waals surface area (Å²) in [6, 6.07) is 6.91. The Bertz CT molecular complexity index is 415. The molecule has 0 aromatic heterocycles. The lowest BCUT2D eigenvalue weighted by molar-refractivity contribution is 0.596. The monoisotopic (exact) mass is 245 g/mol. The van der Waals surface area contributed by atoms with Crippen molar-refractivity contribution in [2.45, 2.75) is 17.7 Å². The van der Waals surface area contributed by atoms with Crippen LogP contribution in [0.15, 0.2) is 29.2 Å². The summed E-state index contributed by atoms with van der Waals surface area (Å²) in [5.41, 5.74) is 0.814. The molecule has 1 aromatic carbocycles. The molecular weight excluding hydrogens is 230 g/mol. The van der Waals surface area contributed by atoms with Gasteiger partial charge >= 0.3 is 0 Å². The van der Waals surface area contributed by atoms with Crippen molar-refractivity contribution in [3.8, 4) is 0 Å². The lowest BCUT2D eigenvalue weighted by atomic mass is 10.1. The van der Waals surface area contributed by atoms with E-state index in [9.17, 15) is 8.42 Å². The zero-order valence-corrected chi connectivity index (χ0v) is 10.3. The standard InChI is InChI=1S/C10H15NO2S2/c1-14-8-4-6-9-5-2-3-7-10(9)15(11,12)13/h2-3,5,7H,4,6,8H2,1H3,(H2,11,12,13). The Morgan fingerprint density at radius 3 is 2.60 bits per heavy atom. The van der Waals surface area contributed by atoms with Crippen LogP contribution in [0, 0.1) is 0 Å². The number of hydrogen-bond donors (Lipinski definition) is 1. The van der Waals surface area contributed by atoms with Crippen LogP contribution < -0.4 is 5.14 Å². The first-order chi connectivity index (χ1) is 7.05. The Hall–Kier alpha value is -0.520. The highest BCUT2D eigenvalue weighted by molar-refractivity contribution is 7.98. The van der Waals surface area contributed by atoms with Crippen LogP contribution in [0.2, 0.25) is 0 Å². The smallest absolute Gasteiger partial charge is 0.225 e. The molecule has 0 aliphatic rings. The fourth-order valence-corrected chi connectivity index (χ4v) is 2.63. The summed E-state index contributed by atoms with van der Waals surface area (Å²) in [5, 5.41) is 5.13. The van der Waals surface area contributed by atoms with Gasteiger partial charge in [-0.25, -0.2) is 13.6 Å². The number of aryl methyl sites for hydroxylation is 1. The van der Waals surface area contributed by atoms with Crippen LogP contribution in [-0.2, 0) is 16.4 Å². The van der Waals surface area contributed by atoms with Gasteiger partial charge in [0.25, 0.3) is 0 Å². The molecule has 1 rings (SSSR count). The van der Waals surface area contributed by atoms with E-state index in [1.54, 1.807) is 23.9 Å². The van der Waals surface area contributed by atoms with Crippen LogP contribution in [0.4, 0.5) is 0 Å². The summed E-state index contributed by atoms with van der Waals surface area (Å²) in [6.45, 7) is 0. The van der Waals surface area contributed by atoms with Gasteiger partial charge in [-0.1, -0.05) is 18.2 Å². The van der Waals surface area contributed by atoms with E-state index in [-0.39, 0.29) is 4.90 Å². The van der Waals surface area contributed by atoms with Gasteiger partial charge in [-0.15, -0.1) is 0 Å². The average molecular weight is 245 g/mol. The van der Waals surface area contributed by atoms with Gasteiger partial charge in [0, 0.05) is 0 Å². The molecule has 5 heteroatoms. The summed E-state index contributed by atoms with van der Waals surface area (Å²) < 4.78 is 22.5. The zero-order chi connectivity index (χ0) is 11.3. The number of sulfonamides is 1. The second-order valence-electron chi connectivity index (χ2n) is 3.25. The molecule has 0 heterocycles. The SMILES string of the molecule is CSCCCc1ccccc1S(N)(=O)=O. The van der Waals surface area contributed by atoms with E-state index in [0.717, 1.165) is 24.2 Å². The van der Waals surface area contributed by atoms with E-state index in [2.05, 4.69) is 0 Å². The molecule has 0 spiro atoms. The molecule has 0 saturated carbocycles. The number of hydrogen-bond acceptors (Lipinski definition) is 3. The van der Waals surface area contributed by atoms with Crippen molar-refractivity contribution >= 4 is 21.8 Å². The molecule has 0 unspecified atom stereocenters. The van der Waals surface area contributed by atoms with Crippen molar-refractivity contribution in [2.24, 2.45) is 5.14 Å². The molecule has 0 radical (unpaired) electrons. The van der Waals surface area contributed by atoms with E-state index in [4.69, 9.17) is 5.14 Å². The molecule has 0 aliphatic heterocycles. The van der Waals surface area contributed by atoms with E-state index >= 15 is 0 Å². The first kappa shape index (κ1) is 12.5. The zero-order valence-electron chi connectivity index (χ0n) is 8.64. The maximum absolute atomic E-state index is 11.3. The van der Waals surface area contributed by atoms with Gasteiger partial charge in [0.1, 0.15) is 0 Å². The molecule has 1 aromatic rings. The molecule has 0 atom stereocenters. The van der Waals surface area contributed by atoms with Crippen molar-refractivity contribution in [1.82, 2.24) is 0 Å². The molecule has 15 heavy (non-hydrogen) atoms. The number of thioether (sulfide) groups is 1. The van der Waals surface area contributed by atoms with E-state index in [0.29, 0.717) is 0 Å². The quantitative estimate of drug-likeness (QED) is 0.802. The third-order valence-corrected chi connectivity index (χ3v) is 3.78. The number of nitrogens with two attached hydrogens (primary N) is 1. The Morgan fingerprint density at radius 1 is 1.33 bits per heavy atom. The first-order valence-corrected chi connectivity index (χ1v) is 7.59. The molecule has 2 N–H and O–H groups in total. The second-order valence-corrected chi connectivity index (χ2v) is 5.76. The molecule has 0 amide bonds. The second kappa shape index (κ2) is 5.53. The summed E-state index contributed by atoms with van der Waals surface area (Å²) in [5.74, 6) is 1.03. The largest absolute Gasteiger partial charge is 0.238 e. The van der Waals surface area contributed by atoms with Crippen molar-refractivity contribution in [3.63, 3.8) is 0 Å². The lowest BCUT2D eigenvalue weighted by Gasteiger charge is -2.06. The summed E-state index contributed by atoms with van der Waals surface area (Å²) in [4.78, 5) is 0.256. The van der Waals surface area contributed by atoms with Crippen molar-refractivity contribution in [2.75, 3.05) is 12.0 Å². The van der Waals surface area contributed by atoms with Gasteiger partial charge < -0.3 is 0 Å². The topological polar surface area (TPSA) is 60.2 Å². The minimum Gasteiger partial charge on any atom is -0.225 e. The fraction of sp³-hybridized carbons (Fsp3) is 0.400. The Morgan fingerprint density at radius 2 is 2.00 bits per heavy atom. The number of primary sulfonamides is 1. The van der Waals surface area contributed by atoms with Crippen molar-refractivity contribution in [3.05, 3.63) is 29.8 Å². The van der Waals surface area contributed by atoms with E-state index < -0.39 is 10.0 Å². The van der Waals surface area contributed by atoms with E-state index in [1.807, 2.05) is 18.4 Å². The van der Waals surface area contributed by atoms with Crippen LogP contribution in [0.3, 0.4) is 0 Å². The summed E-state index contributed by atoms with van der Waals surface area (Å²) in [7, 11) is -3.58. The molecule has 84 valence electrons. The number of benzene rings is 1. The molecule has 0 aliphatic carbocycles. The molecule has 0 saturated heterocycles. The highest BCUT2D eigenvalue weighted by atomic mass is 32.2. The minimum absolute atomic E-state index is 0.256. The van der Waals surface area contributed by atoms with Gasteiger partial charge in [-0.2, -0.15) is 11.8 Å². The number of rotatable bonds is 5. The average Bonchev–Trinajstić information content (AvgIpc) is 2.17. The maximum Gasteiger partial charge on any atom is 0.238 e. The Balaban J connectivity index is 2.88. The van der Waals surface area contributed by atoms with Gasteiger partial charge in [0.05, 0.1) is 4.90 Å². The van der Waals surface area contributed by atoms with Crippen LogP contribution in [0.25, 0.3) is 0 Å². The predicted molar refractivity (Wildman–Crippen MR) is 64.5 cm³/mol. The predicted octanol–water partition coefficient (Wildman–Crippen LogP) is 1.63. The highest BCUT2D eigenvalue weighted by Gasteiger charge is 2.12. The molecule has 3 nitrogen and oxygen atoms in total. The molecular formula is C10H15NO2S2. The normalized spacial score (nSPS) is 11.6. The first-order valence-electron chi connectivity index (χ1n) is 4.65. The minimum atomic E-state index is -3.58. The van der Waals surface area contributed by atoms with Crippen molar-refractivity contribution in [1.29, 1.82) is 0 Å². The fourth-order valence-electron chi connectivity index (χ4n) is 1.39. The Labute approximate surface area is 95.1 Å². The molecule has 0 bridgehead atoms.